The summed E-state index contributed by atoms with van der Waals surface area (Å²) < 4.78 is 66.5. The molecule has 1 aliphatic carbocycles. The number of hydrogen-bond acceptors (Lipinski definition) is 10. The van der Waals surface area contributed by atoms with E-state index in [0.717, 1.165) is 7.11 Å². The first kappa shape index (κ1) is 27.4. The van der Waals surface area contributed by atoms with E-state index in [1.54, 1.807) is 0 Å². The summed E-state index contributed by atoms with van der Waals surface area (Å²) >= 11 is 0. The Balaban J connectivity index is 3.61. The lowest BCUT2D eigenvalue weighted by atomic mass is 9.85. The first-order valence-corrected chi connectivity index (χ1v) is 13.0. The predicted octanol–water partition coefficient (Wildman–Crippen LogP) is -2.71. The Morgan fingerprint density at radius 3 is 1.03 bits per heavy atom. The Bertz CT molecular complexity index is 743. The lowest BCUT2D eigenvalue weighted by molar-refractivity contribution is -0.215. The van der Waals surface area contributed by atoms with Crippen molar-refractivity contribution in [3.63, 3.8) is 0 Å². The molecule has 0 radical (unpaired) electrons. The summed E-state index contributed by atoms with van der Waals surface area (Å²) in [5.74, 6) is 0. The first-order valence-electron chi connectivity index (χ1n) is 6.91. The summed E-state index contributed by atoms with van der Waals surface area (Å²) in [4.78, 5) is 72.1. The van der Waals surface area contributed by atoms with E-state index < -0.39 is 67.9 Å². The summed E-state index contributed by atoms with van der Waals surface area (Å²) in [6.45, 7) is 0. The van der Waals surface area contributed by atoms with E-state index in [4.69, 9.17) is 43.9 Å². The van der Waals surface area contributed by atoms with Gasteiger partial charge in [-0.1, -0.05) is 0 Å². The normalized spacial score (nSPS) is 32.3. The third-order valence-corrected chi connectivity index (χ3v) is 5.35. The summed E-state index contributed by atoms with van der Waals surface area (Å²) in [6.07, 6.45) is -14.5. The van der Waals surface area contributed by atoms with Crippen molar-refractivity contribution in [3.05, 3.63) is 0 Å². The van der Waals surface area contributed by atoms with Gasteiger partial charge in [-0.15, -0.1) is 0 Å². The maximum atomic E-state index is 11.3. The molecule has 29 heavy (non-hydrogen) atoms. The van der Waals surface area contributed by atoms with Crippen LogP contribution in [0.2, 0.25) is 0 Å². The SMILES string of the molecule is CO[C@@H]1[C@H](O)[C@H](OP(=O)(O)O)[C@@H](OP(=O)(O)O)[C@H](OP(=O)(O)O)[C@H]1OP(=O)(O)O. The topological polar surface area (TPSA) is 296 Å². The molecule has 0 aromatic rings. The highest BCUT2D eigenvalue weighted by Gasteiger charge is 2.59. The second-order valence-corrected chi connectivity index (χ2v) is 10.2. The predicted molar refractivity (Wildman–Crippen MR) is 84.5 cm³/mol. The van der Waals surface area contributed by atoms with Crippen molar-refractivity contribution in [1.29, 1.82) is 0 Å². The molecule has 0 unspecified atom stereocenters. The molecule has 9 N–H and O–H groups in total. The minimum atomic E-state index is -5.64. The fraction of sp³-hybridized carbons (Fsp3) is 1.00. The fourth-order valence-electron chi connectivity index (χ4n) is 2.53. The number of rotatable bonds is 9. The van der Waals surface area contributed by atoms with Crippen LogP contribution in [0.4, 0.5) is 0 Å². The van der Waals surface area contributed by atoms with Crippen LogP contribution in [0, 0.1) is 0 Å². The zero-order valence-corrected chi connectivity index (χ0v) is 17.5. The van der Waals surface area contributed by atoms with E-state index in [0.29, 0.717) is 0 Å². The van der Waals surface area contributed by atoms with Gasteiger partial charge in [0.25, 0.3) is 0 Å². The van der Waals surface area contributed by atoms with Crippen molar-refractivity contribution in [2.45, 2.75) is 36.6 Å². The molecule has 0 aromatic heterocycles. The van der Waals surface area contributed by atoms with E-state index in [9.17, 15) is 23.4 Å². The Labute approximate surface area is 161 Å². The smallest absolute Gasteiger partial charge is 0.387 e. The molecule has 0 aliphatic heterocycles. The molecule has 18 nitrogen and oxygen atoms in total. The molecule has 1 saturated carbocycles. The van der Waals surface area contributed by atoms with Crippen molar-refractivity contribution in [2.75, 3.05) is 7.11 Å². The van der Waals surface area contributed by atoms with E-state index in [-0.39, 0.29) is 0 Å². The van der Waals surface area contributed by atoms with Gasteiger partial charge in [0.1, 0.15) is 36.6 Å². The average Bonchev–Trinajstić information content (AvgIpc) is 2.42. The minimum absolute atomic E-state index is 0.789. The van der Waals surface area contributed by atoms with E-state index in [1.807, 2.05) is 0 Å². The molecular weight excluding hydrogens is 496 g/mol. The zero-order valence-electron chi connectivity index (χ0n) is 14.0. The van der Waals surface area contributed by atoms with Gasteiger partial charge in [0, 0.05) is 7.11 Å². The van der Waals surface area contributed by atoms with Gasteiger partial charge in [0.05, 0.1) is 0 Å². The van der Waals surface area contributed by atoms with Gasteiger partial charge in [0.15, 0.2) is 0 Å². The third kappa shape index (κ3) is 9.17. The zero-order chi connectivity index (χ0) is 23.0. The lowest BCUT2D eigenvalue weighted by Crippen LogP contribution is -2.66. The number of aliphatic hydroxyl groups is 1. The number of ether oxygens (including phenoxy) is 1. The van der Waals surface area contributed by atoms with Crippen molar-refractivity contribution >= 4 is 31.3 Å². The van der Waals surface area contributed by atoms with Gasteiger partial charge in [-0.05, 0) is 0 Å². The largest absolute Gasteiger partial charge is 0.470 e. The molecule has 0 heterocycles. The van der Waals surface area contributed by atoms with Crippen LogP contribution in [0.5, 0.6) is 0 Å². The van der Waals surface area contributed by atoms with Gasteiger partial charge >= 0.3 is 31.3 Å². The van der Waals surface area contributed by atoms with Crippen molar-refractivity contribution in [3.8, 4) is 0 Å². The maximum absolute atomic E-state index is 11.3. The van der Waals surface area contributed by atoms with Crippen LogP contribution in [0.15, 0.2) is 0 Å². The molecule has 0 bridgehead atoms. The molecule has 22 heteroatoms. The van der Waals surface area contributed by atoms with Crippen LogP contribution in [-0.4, -0.2) is 88.0 Å². The van der Waals surface area contributed by atoms with Crippen molar-refractivity contribution in [2.24, 2.45) is 0 Å². The highest BCUT2D eigenvalue weighted by atomic mass is 31.2. The first-order chi connectivity index (χ1) is 12.7. The molecule has 0 saturated heterocycles. The summed E-state index contributed by atoms with van der Waals surface area (Å²) in [6, 6.07) is 0. The lowest BCUT2D eigenvalue weighted by Gasteiger charge is -2.46. The van der Waals surface area contributed by atoms with Gasteiger partial charge in [-0.3, -0.25) is 18.1 Å². The molecule has 1 aliphatic rings. The van der Waals surface area contributed by atoms with Crippen LogP contribution in [0.3, 0.4) is 0 Å². The number of hydrogen-bond donors (Lipinski definition) is 9. The standard InChI is InChI=1S/C7H18O18P4/c1-21-3-2(8)4(22-26(9,10)11)6(24-28(15,16)17)7(25-29(18,19)20)5(3)23-27(12,13)14/h2-8H,1H3,(H2,9,10,11)(H2,12,13,14)(H2,15,16,17)(H2,18,19,20)/t2-,3+,4-,5-,6+,7+/m0/s1. The van der Waals surface area contributed by atoms with Crippen LogP contribution in [0.1, 0.15) is 0 Å². The van der Waals surface area contributed by atoms with E-state index in [1.165, 1.54) is 0 Å². The number of phosphoric ester groups is 4. The van der Waals surface area contributed by atoms with Crippen LogP contribution in [0.25, 0.3) is 0 Å². The van der Waals surface area contributed by atoms with Gasteiger partial charge in [-0.25, -0.2) is 18.3 Å². The summed E-state index contributed by atoms with van der Waals surface area (Å²) in [7, 11) is -21.5. The van der Waals surface area contributed by atoms with Gasteiger partial charge in [0.2, 0.25) is 0 Å². The number of phosphoric acid groups is 4. The minimum Gasteiger partial charge on any atom is -0.387 e. The Kier molecular flexibility index (Phi) is 8.94. The molecule has 6 atom stereocenters. The molecule has 174 valence electrons. The molecular formula is C7H18O18P4. The molecule has 1 rings (SSSR count). The van der Waals surface area contributed by atoms with Crippen LogP contribution < -0.4 is 0 Å². The summed E-state index contributed by atoms with van der Waals surface area (Å²) in [5, 5.41) is 10.2. The maximum Gasteiger partial charge on any atom is 0.470 e. The average molecular weight is 514 g/mol. The monoisotopic (exact) mass is 514 g/mol. The quantitative estimate of drug-likeness (QED) is 0.141. The Morgan fingerprint density at radius 1 is 0.517 bits per heavy atom. The van der Waals surface area contributed by atoms with Gasteiger partial charge in [-0.2, -0.15) is 0 Å². The number of methoxy groups -OCH3 is 1. The molecule has 0 spiro atoms. The van der Waals surface area contributed by atoms with E-state index in [2.05, 4.69) is 18.1 Å². The highest BCUT2D eigenvalue weighted by Crippen LogP contribution is 2.53. The second kappa shape index (κ2) is 9.46. The molecule has 0 aromatic carbocycles. The third-order valence-electron chi connectivity index (χ3n) is 3.28. The fourth-order valence-corrected chi connectivity index (χ4v) is 4.76. The Hall–Kier alpha value is 0.360. The second-order valence-electron chi connectivity index (χ2n) is 5.43. The van der Waals surface area contributed by atoms with Crippen molar-refractivity contribution in [1.82, 2.24) is 0 Å². The molecule has 0 amide bonds. The highest BCUT2D eigenvalue weighted by molar-refractivity contribution is 7.47. The van der Waals surface area contributed by atoms with Crippen LogP contribution in [-0.2, 0) is 41.1 Å². The molecule has 1 fully saturated rings. The van der Waals surface area contributed by atoms with Crippen molar-refractivity contribution < 1.29 is 85.3 Å². The van der Waals surface area contributed by atoms with E-state index >= 15 is 0 Å². The number of aliphatic hydroxyl groups excluding tert-OH is 1. The van der Waals surface area contributed by atoms with Crippen LogP contribution >= 0.6 is 31.3 Å². The summed E-state index contributed by atoms with van der Waals surface area (Å²) in [5.41, 5.74) is 0. The Morgan fingerprint density at radius 2 is 0.759 bits per heavy atom. The van der Waals surface area contributed by atoms with Gasteiger partial charge < -0.3 is 49.0 Å².